The van der Waals surface area contributed by atoms with Crippen molar-refractivity contribution < 1.29 is 13.2 Å². The molecule has 0 radical (unpaired) electrons. The number of anilines is 2. The number of carbonyl (C=O) groups excluding carboxylic acids is 1. The van der Waals surface area contributed by atoms with Crippen LogP contribution in [0.25, 0.3) is 0 Å². The standard InChI is InChI=1S/C19H23ClN2O3S/c1-14-8-4-5-11-18(14)22(26(3,24)25)13-7-12-19(23)21-17-10-6-9-16(20)15(17)2/h4-6,8-11H,7,12-13H2,1-3H3,(H,21,23). The molecule has 0 saturated heterocycles. The third kappa shape index (κ3) is 5.22. The first-order valence-electron chi connectivity index (χ1n) is 8.28. The van der Waals surface area contributed by atoms with E-state index in [0.717, 1.165) is 11.1 Å². The number of rotatable bonds is 7. The maximum atomic E-state index is 12.2. The molecule has 2 rings (SSSR count). The predicted molar refractivity (Wildman–Crippen MR) is 107 cm³/mol. The molecule has 0 aromatic heterocycles. The first-order chi connectivity index (χ1) is 12.2. The molecule has 0 fully saturated rings. The fourth-order valence-corrected chi connectivity index (χ4v) is 3.84. The first-order valence-corrected chi connectivity index (χ1v) is 10.5. The SMILES string of the molecule is Cc1ccccc1N(CCCC(=O)Nc1cccc(Cl)c1C)S(C)(=O)=O. The Morgan fingerprint density at radius 2 is 1.81 bits per heavy atom. The van der Waals surface area contributed by atoms with Crippen LogP contribution in [0, 0.1) is 13.8 Å². The number of hydrogen-bond acceptors (Lipinski definition) is 3. The number of hydrogen-bond donors (Lipinski definition) is 1. The van der Waals surface area contributed by atoms with Crippen molar-refractivity contribution in [3.05, 3.63) is 58.6 Å². The van der Waals surface area contributed by atoms with E-state index in [1.54, 1.807) is 30.3 Å². The molecule has 0 saturated carbocycles. The summed E-state index contributed by atoms with van der Waals surface area (Å²) >= 11 is 6.05. The molecule has 0 atom stereocenters. The van der Waals surface area contributed by atoms with Gasteiger partial charge in [0.1, 0.15) is 0 Å². The molecular weight excluding hydrogens is 372 g/mol. The molecule has 140 valence electrons. The summed E-state index contributed by atoms with van der Waals surface area (Å²) in [7, 11) is -3.43. The van der Waals surface area contributed by atoms with Crippen LogP contribution in [-0.2, 0) is 14.8 Å². The molecule has 0 unspecified atom stereocenters. The molecule has 0 heterocycles. The molecule has 2 aromatic rings. The maximum Gasteiger partial charge on any atom is 0.232 e. The second-order valence-electron chi connectivity index (χ2n) is 6.19. The number of para-hydroxylation sites is 1. The summed E-state index contributed by atoms with van der Waals surface area (Å²) in [6.07, 6.45) is 1.80. The Morgan fingerprint density at radius 1 is 1.12 bits per heavy atom. The summed E-state index contributed by atoms with van der Waals surface area (Å²) in [5.74, 6) is -0.173. The zero-order valence-corrected chi connectivity index (χ0v) is 16.7. The molecule has 0 aliphatic carbocycles. The number of nitrogens with zero attached hydrogens (tertiary/aromatic N) is 1. The summed E-state index contributed by atoms with van der Waals surface area (Å²) in [6, 6.07) is 12.6. The van der Waals surface area contributed by atoms with Gasteiger partial charge in [-0.05, 0) is 49.6 Å². The lowest BCUT2D eigenvalue weighted by molar-refractivity contribution is -0.116. The average Bonchev–Trinajstić information content (AvgIpc) is 2.56. The van der Waals surface area contributed by atoms with Crippen LogP contribution in [0.1, 0.15) is 24.0 Å². The summed E-state index contributed by atoms with van der Waals surface area (Å²) in [5, 5.41) is 3.41. The van der Waals surface area contributed by atoms with Crippen molar-refractivity contribution in [2.75, 3.05) is 22.4 Å². The zero-order valence-electron chi connectivity index (χ0n) is 15.1. The van der Waals surface area contributed by atoms with E-state index < -0.39 is 10.0 Å². The number of nitrogens with one attached hydrogen (secondary N) is 1. The van der Waals surface area contributed by atoms with Crippen molar-refractivity contribution >= 4 is 38.9 Å². The predicted octanol–water partition coefficient (Wildman–Crippen LogP) is 4.14. The third-order valence-corrected chi connectivity index (χ3v) is 5.68. The Labute approximate surface area is 160 Å². The van der Waals surface area contributed by atoms with E-state index in [1.807, 2.05) is 26.0 Å². The van der Waals surface area contributed by atoms with Gasteiger partial charge in [0.05, 0.1) is 11.9 Å². The quantitative estimate of drug-likeness (QED) is 0.767. The zero-order chi connectivity index (χ0) is 19.3. The minimum atomic E-state index is -3.43. The van der Waals surface area contributed by atoms with E-state index in [2.05, 4.69) is 5.32 Å². The summed E-state index contributed by atoms with van der Waals surface area (Å²) in [6.45, 7) is 3.94. The molecule has 1 N–H and O–H groups in total. The highest BCUT2D eigenvalue weighted by atomic mass is 35.5. The lowest BCUT2D eigenvalue weighted by atomic mass is 10.2. The van der Waals surface area contributed by atoms with Crippen molar-refractivity contribution in [1.29, 1.82) is 0 Å². The van der Waals surface area contributed by atoms with Gasteiger partial charge in [0, 0.05) is 23.7 Å². The molecule has 1 amide bonds. The second-order valence-corrected chi connectivity index (χ2v) is 8.50. The lowest BCUT2D eigenvalue weighted by Crippen LogP contribution is -2.32. The molecule has 0 spiro atoms. The van der Waals surface area contributed by atoms with Crippen LogP contribution < -0.4 is 9.62 Å². The highest BCUT2D eigenvalue weighted by Crippen LogP contribution is 2.24. The minimum absolute atomic E-state index is 0.173. The van der Waals surface area contributed by atoms with Crippen molar-refractivity contribution in [3.63, 3.8) is 0 Å². The van der Waals surface area contributed by atoms with Gasteiger partial charge in [-0.2, -0.15) is 0 Å². The minimum Gasteiger partial charge on any atom is -0.326 e. The van der Waals surface area contributed by atoms with Gasteiger partial charge in [-0.25, -0.2) is 8.42 Å². The highest BCUT2D eigenvalue weighted by molar-refractivity contribution is 7.92. The molecule has 5 nitrogen and oxygen atoms in total. The van der Waals surface area contributed by atoms with Gasteiger partial charge >= 0.3 is 0 Å². The number of amides is 1. The number of aryl methyl sites for hydroxylation is 1. The monoisotopic (exact) mass is 394 g/mol. The topological polar surface area (TPSA) is 66.5 Å². The van der Waals surface area contributed by atoms with Crippen LogP contribution in [0.4, 0.5) is 11.4 Å². The normalized spacial score (nSPS) is 11.2. The molecule has 2 aromatic carbocycles. The molecule has 0 aliphatic rings. The summed E-state index contributed by atoms with van der Waals surface area (Å²) in [5.41, 5.74) is 2.99. The molecule has 26 heavy (non-hydrogen) atoms. The van der Waals surface area contributed by atoms with Crippen LogP contribution in [-0.4, -0.2) is 27.1 Å². The van der Waals surface area contributed by atoms with Crippen LogP contribution in [0.3, 0.4) is 0 Å². The van der Waals surface area contributed by atoms with Crippen LogP contribution in [0.5, 0.6) is 0 Å². The van der Waals surface area contributed by atoms with E-state index in [9.17, 15) is 13.2 Å². The smallest absolute Gasteiger partial charge is 0.232 e. The van der Waals surface area contributed by atoms with Gasteiger partial charge in [-0.15, -0.1) is 0 Å². The molecule has 0 bridgehead atoms. The Bertz CT molecular complexity index is 897. The van der Waals surface area contributed by atoms with Crippen LogP contribution in [0.15, 0.2) is 42.5 Å². The van der Waals surface area contributed by atoms with Crippen molar-refractivity contribution in [2.24, 2.45) is 0 Å². The van der Waals surface area contributed by atoms with E-state index in [4.69, 9.17) is 11.6 Å². The Balaban J connectivity index is 2.01. The van der Waals surface area contributed by atoms with Gasteiger partial charge in [0.25, 0.3) is 0 Å². The second kappa shape index (κ2) is 8.56. The van der Waals surface area contributed by atoms with E-state index in [0.29, 0.717) is 22.8 Å². The molecular formula is C19H23ClN2O3S. The highest BCUT2D eigenvalue weighted by Gasteiger charge is 2.19. The fourth-order valence-electron chi connectivity index (χ4n) is 2.65. The Hall–Kier alpha value is -2.05. The van der Waals surface area contributed by atoms with Crippen LogP contribution >= 0.6 is 11.6 Å². The van der Waals surface area contributed by atoms with Crippen molar-refractivity contribution in [1.82, 2.24) is 0 Å². The number of halogens is 1. The van der Waals surface area contributed by atoms with Gasteiger partial charge in [0.15, 0.2) is 0 Å². The number of benzene rings is 2. The van der Waals surface area contributed by atoms with E-state index in [-0.39, 0.29) is 18.9 Å². The third-order valence-electron chi connectivity index (χ3n) is 4.09. The van der Waals surface area contributed by atoms with Gasteiger partial charge in [-0.1, -0.05) is 35.9 Å². The van der Waals surface area contributed by atoms with E-state index in [1.165, 1.54) is 10.6 Å². The Morgan fingerprint density at radius 3 is 2.46 bits per heavy atom. The maximum absolute atomic E-state index is 12.2. The van der Waals surface area contributed by atoms with Gasteiger partial charge < -0.3 is 5.32 Å². The molecule has 7 heteroatoms. The number of carbonyl (C=O) groups is 1. The van der Waals surface area contributed by atoms with Crippen LogP contribution in [0.2, 0.25) is 5.02 Å². The Kier molecular flexibility index (Phi) is 6.67. The lowest BCUT2D eigenvalue weighted by Gasteiger charge is -2.24. The first kappa shape index (κ1) is 20.3. The van der Waals surface area contributed by atoms with Crippen molar-refractivity contribution in [3.8, 4) is 0 Å². The fraction of sp³-hybridized carbons (Fsp3) is 0.316. The summed E-state index contributed by atoms with van der Waals surface area (Å²) in [4.78, 5) is 12.2. The van der Waals surface area contributed by atoms with Crippen molar-refractivity contribution in [2.45, 2.75) is 26.7 Å². The van der Waals surface area contributed by atoms with Gasteiger partial charge in [-0.3, -0.25) is 9.10 Å². The van der Waals surface area contributed by atoms with Gasteiger partial charge in [0.2, 0.25) is 15.9 Å². The number of sulfonamides is 1. The van der Waals surface area contributed by atoms with E-state index >= 15 is 0 Å². The molecule has 0 aliphatic heterocycles. The largest absolute Gasteiger partial charge is 0.326 e. The summed E-state index contributed by atoms with van der Waals surface area (Å²) < 4.78 is 25.6. The average molecular weight is 395 g/mol.